The molecule has 0 aliphatic carbocycles. The largest absolute Gasteiger partial charge is 0.356 e. The van der Waals surface area contributed by atoms with Gasteiger partial charge in [0.1, 0.15) is 6.17 Å². The van der Waals surface area contributed by atoms with Crippen LogP contribution in [0.1, 0.15) is 40.5 Å². The second-order valence-electron chi connectivity index (χ2n) is 3.48. The van der Waals surface area contributed by atoms with Gasteiger partial charge in [0, 0.05) is 25.0 Å². The van der Waals surface area contributed by atoms with E-state index in [-0.39, 0.29) is 0 Å². The van der Waals surface area contributed by atoms with Crippen molar-refractivity contribution >= 4 is 0 Å². The van der Waals surface area contributed by atoms with E-state index in [1.165, 1.54) is 12.1 Å². The van der Waals surface area contributed by atoms with Crippen LogP contribution in [0, 0.1) is 0 Å². The van der Waals surface area contributed by atoms with Crippen molar-refractivity contribution in [3.05, 3.63) is 11.9 Å². The topological polar surface area (TPSA) is 6.48 Å². The third kappa shape index (κ3) is 1.82. The number of hydrogen-bond acceptors (Lipinski definition) is 2. The van der Waals surface area contributed by atoms with E-state index in [1.54, 1.807) is 0 Å². The fraction of sp³-hybridized carbons (Fsp3) is 0.818. The van der Waals surface area contributed by atoms with E-state index in [0.29, 0.717) is 6.17 Å². The quantitative estimate of drug-likeness (QED) is 0.659. The van der Waals surface area contributed by atoms with Crippen molar-refractivity contribution in [1.29, 1.82) is 0 Å². The molecule has 1 unspecified atom stereocenters. The molecular weight excluding hydrogens is 160 g/mol. The SMILES string of the molecule is CCC1=CN(CC)C(CC)N1CC. The summed E-state index contributed by atoms with van der Waals surface area (Å²) in [4.78, 5) is 4.96. The van der Waals surface area contributed by atoms with Crippen LogP contribution in [0.15, 0.2) is 11.9 Å². The minimum Gasteiger partial charge on any atom is -0.356 e. The van der Waals surface area contributed by atoms with Gasteiger partial charge < -0.3 is 9.80 Å². The average molecular weight is 182 g/mol. The number of hydrogen-bond donors (Lipinski definition) is 0. The lowest BCUT2D eigenvalue weighted by Crippen LogP contribution is -2.38. The molecule has 13 heavy (non-hydrogen) atoms. The molecule has 0 aromatic heterocycles. The van der Waals surface area contributed by atoms with Crippen LogP contribution in [-0.4, -0.2) is 29.1 Å². The summed E-state index contributed by atoms with van der Waals surface area (Å²) in [5.41, 5.74) is 1.50. The van der Waals surface area contributed by atoms with Crippen molar-refractivity contribution < 1.29 is 0 Å². The van der Waals surface area contributed by atoms with Crippen LogP contribution in [0.4, 0.5) is 0 Å². The third-order valence-electron chi connectivity index (χ3n) is 2.86. The first-order valence-corrected chi connectivity index (χ1v) is 5.51. The highest BCUT2D eigenvalue weighted by Gasteiger charge is 2.26. The van der Waals surface area contributed by atoms with E-state index in [2.05, 4.69) is 43.7 Å². The van der Waals surface area contributed by atoms with Gasteiger partial charge in [-0.3, -0.25) is 0 Å². The Balaban J connectivity index is 2.75. The summed E-state index contributed by atoms with van der Waals surface area (Å²) < 4.78 is 0. The van der Waals surface area contributed by atoms with Crippen molar-refractivity contribution in [3.8, 4) is 0 Å². The Morgan fingerprint density at radius 1 is 1.15 bits per heavy atom. The summed E-state index contributed by atoms with van der Waals surface area (Å²) in [7, 11) is 0. The van der Waals surface area contributed by atoms with Crippen molar-refractivity contribution in [2.24, 2.45) is 0 Å². The third-order valence-corrected chi connectivity index (χ3v) is 2.86. The minimum absolute atomic E-state index is 0.616. The fourth-order valence-electron chi connectivity index (χ4n) is 2.19. The lowest BCUT2D eigenvalue weighted by Gasteiger charge is -2.32. The van der Waals surface area contributed by atoms with Gasteiger partial charge in [0.25, 0.3) is 0 Å². The molecule has 1 aliphatic rings. The second kappa shape index (κ2) is 4.54. The van der Waals surface area contributed by atoms with Gasteiger partial charge in [-0.1, -0.05) is 13.8 Å². The second-order valence-corrected chi connectivity index (χ2v) is 3.48. The molecular formula is C11H22N2. The first-order chi connectivity index (χ1) is 6.28. The smallest absolute Gasteiger partial charge is 0.101 e. The van der Waals surface area contributed by atoms with E-state index in [0.717, 1.165) is 19.5 Å². The van der Waals surface area contributed by atoms with Gasteiger partial charge in [0.2, 0.25) is 0 Å². The molecule has 1 aliphatic heterocycles. The van der Waals surface area contributed by atoms with Crippen LogP contribution >= 0.6 is 0 Å². The monoisotopic (exact) mass is 182 g/mol. The Kier molecular flexibility index (Phi) is 3.64. The van der Waals surface area contributed by atoms with Crippen LogP contribution in [0.2, 0.25) is 0 Å². The van der Waals surface area contributed by atoms with Crippen LogP contribution < -0.4 is 0 Å². The molecule has 0 saturated carbocycles. The summed E-state index contributed by atoms with van der Waals surface area (Å²) in [5.74, 6) is 0. The zero-order chi connectivity index (χ0) is 9.84. The van der Waals surface area contributed by atoms with E-state index in [4.69, 9.17) is 0 Å². The Morgan fingerprint density at radius 3 is 2.23 bits per heavy atom. The van der Waals surface area contributed by atoms with Crippen LogP contribution in [-0.2, 0) is 0 Å². The summed E-state index contributed by atoms with van der Waals surface area (Å²) in [6.45, 7) is 11.2. The van der Waals surface area contributed by atoms with Gasteiger partial charge in [-0.2, -0.15) is 0 Å². The van der Waals surface area contributed by atoms with E-state index in [9.17, 15) is 0 Å². The van der Waals surface area contributed by atoms with Crippen LogP contribution in [0.5, 0.6) is 0 Å². The van der Waals surface area contributed by atoms with Gasteiger partial charge >= 0.3 is 0 Å². The lowest BCUT2D eigenvalue weighted by atomic mass is 10.3. The van der Waals surface area contributed by atoms with Gasteiger partial charge in [-0.05, 0) is 26.7 Å². The molecule has 0 N–H and O–H groups in total. The Morgan fingerprint density at radius 2 is 1.85 bits per heavy atom. The molecule has 1 atom stereocenters. The molecule has 0 saturated heterocycles. The lowest BCUT2D eigenvalue weighted by molar-refractivity contribution is 0.148. The van der Waals surface area contributed by atoms with Gasteiger partial charge in [0.05, 0.1) is 0 Å². The maximum atomic E-state index is 2.52. The van der Waals surface area contributed by atoms with Gasteiger partial charge in [-0.15, -0.1) is 0 Å². The molecule has 0 aromatic carbocycles. The zero-order valence-corrected chi connectivity index (χ0v) is 9.38. The van der Waals surface area contributed by atoms with Crippen molar-refractivity contribution in [1.82, 2.24) is 9.80 Å². The predicted octanol–water partition coefficient (Wildman–Crippen LogP) is 2.63. The van der Waals surface area contributed by atoms with Crippen LogP contribution in [0.25, 0.3) is 0 Å². The zero-order valence-electron chi connectivity index (χ0n) is 9.38. The van der Waals surface area contributed by atoms with Crippen molar-refractivity contribution in [2.45, 2.75) is 46.7 Å². The summed E-state index contributed by atoms with van der Waals surface area (Å²) in [5, 5.41) is 0. The Hall–Kier alpha value is -0.660. The van der Waals surface area contributed by atoms with Gasteiger partial charge in [0.15, 0.2) is 0 Å². The number of nitrogens with zero attached hydrogens (tertiary/aromatic N) is 2. The summed E-state index contributed by atoms with van der Waals surface area (Å²) in [6.07, 6.45) is 5.31. The predicted molar refractivity (Wildman–Crippen MR) is 57.2 cm³/mol. The minimum atomic E-state index is 0.616. The maximum Gasteiger partial charge on any atom is 0.101 e. The van der Waals surface area contributed by atoms with Crippen molar-refractivity contribution in [2.75, 3.05) is 13.1 Å². The maximum absolute atomic E-state index is 2.52. The molecule has 76 valence electrons. The molecule has 1 heterocycles. The van der Waals surface area contributed by atoms with Crippen LogP contribution in [0.3, 0.4) is 0 Å². The highest BCUT2D eigenvalue weighted by Crippen LogP contribution is 2.25. The standard InChI is InChI=1S/C11H22N2/c1-5-10-9-12(7-3)11(6-2)13(10)8-4/h9,11H,5-8H2,1-4H3. The molecule has 0 radical (unpaired) electrons. The Labute approximate surface area is 82.2 Å². The number of rotatable bonds is 4. The fourth-order valence-corrected chi connectivity index (χ4v) is 2.19. The molecule has 0 bridgehead atoms. The molecule has 0 aromatic rings. The van der Waals surface area contributed by atoms with E-state index >= 15 is 0 Å². The average Bonchev–Trinajstić information content (AvgIpc) is 2.54. The summed E-state index contributed by atoms with van der Waals surface area (Å²) in [6, 6.07) is 0. The molecule has 2 nitrogen and oxygen atoms in total. The first kappa shape index (κ1) is 10.4. The van der Waals surface area contributed by atoms with E-state index < -0.39 is 0 Å². The number of allylic oxidation sites excluding steroid dienone is 1. The van der Waals surface area contributed by atoms with Crippen molar-refractivity contribution in [3.63, 3.8) is 0 Å². The molecule has 2 heteroatoms. The summed E-state index contributed by atoms with van der Waals surface area (Å²) >= 11 is 0. The highest BCUT2D eigenvalue weighted by molar-refractivity contribution is 5.09. The van der Waals surface area contributed by atoms with E-state index in [1.807, 2.05) is 0 Å². The molecule has 0 amide bonds. The first-order valence-electron chi connectivity index (χ1n) is 5.51. The molecule has 1 rings (SSSR count). The Bertz CT molecular complexity index is 187. The normalized spacial score (nSPS) is 22.5. The molecule has 0 fully saturated rings. The molecule has 0 spiro atoms. The van der Waals surface area contributed by atoms with Gasteiger partial charge in [-0.25, -0.2) is 0 Å². The highest BCUT2D eigenvalue weighted by atomic mass is 15.4.